The number of halogens is 1. The summed E-state index contributed by atoms with van der Waals surface area (Å²) in [6, 6.07) is 10.4. The average Bonchev–Trinajstić information content (AvgIpc) is 3.44. The number of hydrogen-bond acceptors (Lipinski definition) is 4. The highest BCUT2D eigenvalue weighted by Gasteiger charge is 2.44. The van der Waals surface area contributed by atoms with Crippen LogP contribution >= 0.6 is 15.9 Å². The van der Waals surface area contributed by atoms with Gasteiger partial charge in [0.05, 0.1) is 21.2 Å². The number of carbonyl (C=O) groups is 1. The number of anilines is 2. The first kappa shape index (κ1) is 18.6. The van der Waals surface area contributed by atoms with Gasteiger partial charge in [0.2, 0.25) is 5.91 Å². The molecule has 1 aliphatic carbocycles. The summed E-state index contributed by atoms with van der Waals surface area (Å²) in [6.07, 6.45) is 6.65. The van der Waals surface area contributed by atoms with E-state index in [2.05, 4.69) is 48.2 Å². The number of aromatic amines is 1. The van der Waals surface area contributed by atoms with Crippen molar-refractivity contribution in [1.82, 2.24) is 9.97 Å². The predicted octanol–water partition coefficient (Wildman–Crippen LogP) is 4.00. The Morgan fingerprint density at radius 1 is 1.31 bits per heavy atom. The van der Waals surface area contributed by atoms with Crippen LogP contribution in [0.4, 0.5) is 11.4 Å². The molecular formula is C22H24BrN5O. The Kier molecular flexibility index (Phi) is 4.80. The lowest BCUT2D eigenvalue weighted by Gasteiger charge is -2.33. The average molecular weight is 454 g/mol. The molecule has 29 heavy (non-hydrogen) atoms. The van der Waals surface area contributed by atoms with Crippen LogP contribution in [0.1, 0.15) is 30.7 Å². The van der Waals surface area contributed by atoms with Crippen LogP contribution in [0.15, 0.2) is 47.2 Å². The van der Waals surface area contributed by atoms with Crippen molar-refractivity contribution in [3.63, 3.8) is 0 Å². The van der Waals surface area contributed by atoms with E-state index in [1.807, 2.05) is 30.6 Å². The van der Waals surface area contributed by atoms with Crippen molar-refractivity contribution in [2.45, 2.75) is 31.2 Å². The zero-order valence-electron chi connectivity index (χ0n) is 16.1. The molecule has 0 bridgehead atoms. The molecule has 4 N–H and O–H groups in total. The summed E-state index contributed by atoms with van der Waals surface area (Å²) in [6.45, 7) is 1.75. The van der Waals surface area contributed by atoms with E-state index in [9.17, 15) is 4.79 Å². The first-order chi connectivity index (χ1) is 14.1. The molecule has 6 nitrogen and oxygen atoms in total. The van der Waals surface area contributed by atoms with Gasteiger partial charge in [0.1, 0.15) is 5.65 Å². The predicted molar refractivity (Wildman–Crippen MR) is 119 cm³/mol. The van der Waals surface area contributed by atoms with E-state index in [-0.39, 0.29) is 17.9 Å². The first-order valence-corrected chi connectivity index (χ1v) is 10.9. The van der Waals surface area contributed by atoms with Gasteiger partial charge in [-0.15, -0.1) is 0 Å². The number of aromatic nitrogens is 2. The number of nitrogens with two attached hydrogens (primary N) is 1. The Balaban J connectivity index is 1.42. The van der Waals surface area contributed by atoms with Crippen LogP contribution in [0, 0.1) is 5.92 Å². The summed E-state index contributed by atoms with van der Waals surface area (Å²) in [5, 5.41) is 4.10. The van der Waals surface area contributed by atoms with Crippen molar-refractivity contribution < 1.29 is 4.79 Å². The number of H-pyrrole nitrogens is 1. The van der Waals surface area contributed by atoms with Crippen LogP contribution in [-0.2, 0) is 4.79 Å². The van der Waals surface area contributed by atoms with Gasteiger partial charge in [0, 0.05) is 37.4 Å². The number of amides is 1. The molecule has 1 aromatic carbocycles. The smallest absolute Gasteiger partial charge is 0.228 e. The molecule has 2 aliphatic rings. The van der Waals surface area contributed by atoms with Gasteiger partial charge in [-0.25, -0.2) is 4.98 Å². The fourth-order valence-corrected chi connectivity index (χ4v) is 5.01. The van der Waals surface area contributed by atoms with Crippen LogP contribution in [0.2, 0.25) is 0 Å². The van der Waals surface area contributed by atoms with E-state index >= 15 is 0 Å². The Bertz CT molecular complexity index is 1050. The van der Waals surface area contributed by atoms with Crippen molar-refractivity contribution in [3.8, 4) is 0 Å². The largest absolute Gasteiger partial charge is 0.368 e. The zero-order chi connectivity index (χ0) is 20.0. The molecule has 0 unspecified atom stereocenters. The highest BCUT2D eigenvalue weighted by Crippen LogP contribution is 2.48. The van der Waals surface area contributed by atoms with E-state index in [4.69, 9.17) is 5.73 Å². The second kappa shape index (κ2) is 7.46. The maximum Gasteiger partial charge on any atom is 0.228 e. The summed E-state index contributed by atoms with van der Waals surface area (Å²) >= 11 is 3.67. The van der Waals surface area contributed by atoms with E-state index in [0.29, 0.717) is 5.92 Å². The molecule has 7 heteroatoms. The van der Waals surface area contributed by atoms with Gasteiger partial charge in [-0.1, -0.05) is 30.3 Å². The Morgan fingerprint density at radius 3 is 2.93 bits per heavy atom. The van der Waals surface area contributed by atoms with Gasteiger partial charge in [0.25, 0.3) is 0 Å². The molecule has 1 amide bonds. The van der Waals surface area contributed by atoms with Gasteiger partial charge >= 0.3 is 0 Å². The molecule has 1 saturated heterocycles. The van der Waals surface area contributed by atoms with Crippen molar-refractivity contribution >= 4 is 44.2 Å². The Hall–Kier alpha value is -2.38. The summed E-state index contributed by atoms with van der Waals surface area (Å²) in [5.74, 6) is 0.404. The van der Waals surface area contributed by atoms with Crippen molar-refractivity contribution in [2.75, 3.05) is 23.3 Å². The minimum Gasteiger partial charge on any atom is -0.368 e. The lowest BCUT2D eigenvalue weighted by atomic mass is 10.1. The minimum absolute atomic E-state index is 0.0225. The van der Waals surface area contributed by atoms with Gasteiger partial charge in [0.15, 0.2) is 0 Å². The van der Waals surface area contributed by atoms with Crippen LogP contribution in [-0.4, -0.2) is 35.0 Å². The molecule has 150 valence electrons. The SMILES string of the molecule is N[C@@H]1CCCN(c2c(Br)cnc3[nH]cc(NC(=O)[C@@H]4C[C@H]4c4ccccc4)c23)C1. The van der Waals surface area contributed by atoms with Crippen LogP contribution < -0.4 is 16.0 Å². The summed E-state index contributed by atoms with van der Waals surface area (Å²) in [4.78, 5) is 22.9. The summed E-state index contributed by atoms with van der Waals surface area (Å²) in [5.41, 5.74) is 10.1. The zero-order valence-corrected chi connectivity index (χ0v) is 17.7. The molecule has 3 heterocycles. The quantitative estimate of drug-likeness (QED) is 0.557. The maximum atomic E-state index is 12.9. The number of nitrogens with one attached hydrogen (secondary N) is 2. The van der Waals surface area contributed by atoms with Gasteiger partial charge in [-0.3, -0.25) is 4.79 Å². The molecule has 0 spiro atoms. The highest BCUT2D eigenvalue weighted by molar-refractivity contribution is 9.10. The molecule has 2 fully saturated rings. The number of rotatable bonds is 4. The number of hydrogen-bond donors (Lipinski definition) is 3. The summed E-state index contributed by atoms with van der Waals surface area (Å²) < 4.78 is 0.919. The normalized spacial score (nSPS) is 23.9. The molecular weight excluding hydrogens is 430 g/mol. The lowest BCUT2D eigenvalue weighted by Crippen LogP contribution is -2.43. The molecule has 0 radical (unpaired) electrons. The van der Waals surface area contributed by atoms with Crippen LogP contribution in [0.25, 0.3) is 11.0 Å². The molecule has 1 saturated carbocycles. The monoisotopic (exact) mass is 453 g/mol. The molecule has 5 rings (SSSR count). The Labute approximate surface area is 178 Å². The maximum absolute atomic E-state index is 12.9. The molecule has 1 aliphatic heterocycles. The second-order valence-electron chi connectivity index (χ2n) is 8.08. The Morgan fingerprint density at radius 2 is 2.14 bits per heavy atom. The topological polar surface area (TPSA) is 87.0 Å². The van der Waals surface area contributed by atoms with E-state index in [1.54, 1.807) is 0 Å². The number of pyridine rings is 1. The number of piperidine rings is 1. The fourth-order valence-electron chi connectivity index (χ4n) is 4.46. The van der Waals surface area contributed by atoms with E-state index in [0.717, 1.165) is 59.2 Å². The van der Waals surface area contributed by atoms with Crippen molar-refractivity contribution in [1.29, 1.82) is 0 Å². The molecule has 3 atom stereocenters. The second-order valence-corrected chi connectivity index (χ2v) is 8.93. The lowest BCUT2D eigenvalue weighted by molar-refractivity contribution is -0.117. The fraction of sp³-hybridized carbons (Fsp3) is 0.364. The molecule has 2 aromatic heterocycles. The third kappa shape index (κ3) is 3.53. The third-order valence-corrected chi connectivity index (χ3v) is 6.60. The minimum atomic E-state index is 0.0225. The first-order valence-electron chi connectivity index (χ1n) is 10.1. The van der Waals surface area contributed by atoms with Crippen LogP contribution in [0.5, 0.6) is 0 Å². The van der Waals surface area contributed by atoms with E-state index < -0.39 is 0 Å². The van der Waals surface area contributed by atoms with Crippen molar-refractivity contribution in [2.24, 2.45) is 11.7 Å². The number of nitrogens with zero attached hydrogens (tertiary/aromatic N) is 2. The van der Waals surface area contributed by atoms with Gasteiger partial charge < -0.3 is 20.9 Å². The van der Waals surface area contributed by atoms with E-state index in [1.165, 1.54) is 5.56 Å². The summed E-state index contributed by atoms with van der Waals surface area (Å²) in [7, 11) is 0. The standard InChI is InChI=1S/C22H24BrN5O/c23-17-10-25-21-19(20(17)28-8-4-7-14(24)12-28)18(11-26-21)27-22(29)16-9-15(16)13-5-2-1-3-6-13/h1-3,5-6,10-11,14-16H,4,7-9,12,24H2,(H,25,26)(H,27,29)/t14-,15+,16-/m1/s1. The van der Waals surface area contributed by atoms with Gasteiger partial charge in [-0.05, 0) is 46.7 Å². The number of benzene rings is 1. The highest BCUT2D eigenvalue weighted by atomic mass is 79.9. The van der Waals surface area contributed by atoms with Gasteiger partial charge in [-0.2, -0.15) is 0 Å². The number of fused-ring (bicyclic) bond motifs is 1. The van der Waals surface area contributed by atoms with Crippen LogP contribution in [0.3, 0.4) is 0 Å². The number of carbonyl (C=O) groups excluding carboxylic acids is 1. The molecule has 3 aromatic rings. The van der Waals surface area contributed by atoms with Crippen molar-refractivity contribution in [3.05, 3.63) is 52.8 Å². The third-order valence-electron chi connectivity index (χ3n) is 6.02.